The minimum atomic E-state index is -0.493. The summed E-state index contributed by atoms with van der Waals surface area (Å²) in [5.41, 5.74) is 0.435. The van der Waals surface area contributed by atoms with E-state index in [4.69, 9.17) is 4.74 Å². The first-order valence-corrected chi connectivity index (χ1v) is 5.42. The predicted octanol–water partition coefficient (Wildman–Crippen LogP) is 0.390. The van der Waals surface area contributed by atoms with Crippen molar-refractivity contribution in [3.63, 3.8) is 0 Å². The second-order valence-corrected chi connectivity index (χ2v) is 3.74. The molecule has 1 aliphatic rings. The third-order valence-electron chi connectivity index (χ3n) is 2.50. The largest absolute Gasteiger partial charge is 0.386 e. The Balaban J connectivity index is 1.96. The molecule has 0 aromatic carbocycles. The fourth-order valence-corrected chi connectivity index (χ4v) is 1.66. The summed E-state index contributed by atoms with van der Waals surface area (Å²) in [6.07, 6.45) is 1.41. The van der Waals surface area contributed by atoms with Gasteiger partial charge < -0.3 is 25.5 Å². The molecule has 2 N–H and O–H groups in total. The van der Waals surface area contributed by atoms with Gasteiger partial charge in [0.15, 0.2) is 0 Å². The minimum Gasteiger partial charge on any atom is -0.378 e. The van der Waals surface area contributed by atoms with Crippen molar-refractivity contribution in [3.05, 3.63) is 28.4 Å². The first-order valence-electron chi connectivity index (χ1n) is 5.42. The molecule has 0 bridgehead atoms. The molecule has 0 spiro atoms. The Morgan fingerprint density at radius 3 is 3.29 bits per heavy atom. The van der Waals surface area contributed by atoms with Crippen LogP contribution in [0.2, 0.25) is 0 Å². The van der Waals surface area contributed by atoms with E-state index in [1.165, 1.54) is 6.20 Å². The van der Waals surface area contributed by atoms with Gasteiger partial charge in [0.2, 0.25) is 0 Å². The molecule has 0 amide bonds. The standard InChI is InChI=1S/C10H14N4O3/c15-14(16)10-9(2-1-3-12-10)13-6-8-7-17-5-4-11-8/h1-3,8,11,13H,4-7H2. The Kier molecular flexibility index (Phi) is 3.84. The number of aromatic nitrogens is 1. The molecule has 0 aliphatic carbocycles. The van der Waals surface area contributed by atoms with Crippen LogP contribution in [0.15, 0.2) is 18.3 Å². The lowest BCUT2D eigenvalue weighted by Gasteiger charge is -2.24. The molecule has 7 nitrogen and oxygen atoms in total. The van der Waals surface area contributed by atoms with Crippen molar-refractivity contribution < 1.29 is 9.66 Å². The average molecular weight is 238 g/mol. The Morgan fingerprint density at radius 1 is 1.71 bits per heavy atom. The number of nitrogens with zero attached hydrogens (tertiary/aromatic N) is 2. The normalized spacial score (nSPS) is 19.9. The molecule has 1 aromatic rings. The number of ether oxygens (including phenoxy) is 1. The van der Waals surface area contributed by atoms with Gasteiger partial charge in [0.05, 0.1) is 13.2 Å². The molecule has 1 aromatic heterocycles. The van der Waals surface area contributed by atoms with E-state index in [0.717, 1.165) is 6.54 Å². The minimum absolute atomic E-state index is 0.149. The molecule has 17 heavy (non-hydrogen) atoms. The smallest absolute Gasteiger partial charge is 0.378 e. The van der Waals surface area contributed by atoms with Crippen molar-refractivity contribution in [3.8, 4) is 0 Å². The van der Waals surface area contributed by atoms with Gasteiger partial charge in [-0.05, 0) is 22.0 Å². The first-order chi connectivity index (χ1) is 8.27. The molecule has 1 saturated heterocycles. The van der Waals surface area contributed by atoms with Crippen LogP contribution < -0.4 is 10.6 Å². The van der Waals surface area contributed by atoms with Crippen LogP contribution in [-0.2, 0) is 4.74 Å². The van der Waals surface area contributed by atoms with Gasteiger partial charge in [0, 0.05) is 19.1 Å². The first kappa shape index (κ1) is 11.7. The van der Waals surface area contributed by atoms with E-state index < -0.39 is 4.92 Å². The number of pyridine rings is 1. The summed E-state index contributed by atoms with van der Waals surface area (Å²) in [7, 11) is 0. The van der Waals surface area contributed by atoms with Crippen LogP contribution in [0.25, 0.3) is 0 Å². The SMILES string of the molecule is O=[N+]([O-])c1ncccc1NCC1COCCN1. The van der Waals surface area contributed by atoms with Gasteiger partial charge in [-0.3, -0.25) is 0 Å². The van der Waals surface area contributed by atoms with E-state index in [9.17, 15) is 10.1 Å². The highest BCUT2D eigenvalue weighted by Crippen LogP contribution is 2.19. The summed E-state index contributed by atoms with van der Waals surface area (Å²) < 4.78 is 5.30. The zero-order chi connectivity index (χ0) is 12.1. The second-order valence-electron chi connectivity index (χ2n) is 3.74. The van der Waals surface area contributed by atoms with Crippen molar-refractivity contribution >= 4 is 11.5 Å². The quantitative estimate of drug-likeness (QED) is 0.582. The van der Waals surface area contributed by atoms with E-state index in [-0.39, 0.29) is 11.9 Å². The zero-order valence-corrected chi connectivity index (χ0v) is 9.26. The van der Waals surface area contributed by atoms with Gasteiger partial charge in [-0.2, -0.15) is 0 Å². The van der Waals surface area contributed by atoms with Crippen molar-refractivity contribution in [2.24, 2.45) is 0 Å². The van der Waals surface area contributed by atoms with Crippen molar-refractivity contribution in [2.45, 2.75) is 6.04 Å². The van der Waals surface area contributed by atoms with Gasteiger partial charge >= 0.3 is 5.82 Å². The summed E-state index contributed by atoms with van der Waals surface area (Å²) in [5.74, 6) is -0.149. The highest BCUT2D eigenvalue weighted by Gasteiger charge is 2.17. The van der Waals surface area contributed by atoms with Crippen molar-refractivity contribution in [1.29, 1.82) is 0 Å². The number of nitrogens with one attached hydrogen (secondary N) is 2. The molecular weight excluding hydrogens is 224 g/mol. The maximum absolute atomic E-state index is 10.7. The van der Waals surface area contributed by atoms with Gasteiger partial charge in [-0.15, -0.1) is 0 Å². The number of hydrogen-bond acceptors (Lipinski definition) is 6. The highest BCUT2D eigenvalue weighted by atomic mass is 16.6. The number of anilines is 1. The number of hydrogen-bond donors (Lipinski definition) is 2. The molecule has 0 radical (unpaired) electrons. The van der Waals surface area contributed by atoms with Gasteiger partial charge in [-0.25, -0.2) is 0 Å². The lowest BCUT2D eigenvalue weighted by Crippen LogP contribution is -2.45. The van der Waals surface area contributed by atoms with Gasteiger partial charge in [0.1, 0.15) is 11.9 Å². The van der Waals surface area contributed by atoms with E-state index in [0.29, 0.717) is 25.4 Å². The maximum atomic E-state index is 10.7. The third-order valence-corrected chi connectivity index (χ3v) is 2.50. The Bertz CT molecular complexity index is 393. The van der Waals surface area contributed by atoms with Crippen LogP contribution in [0.5, 0.6) is 0 Å². The zero-order valence-electron chi connectivity index (χ0n) is 9.26. The average Bonchev–Trinajstić information content (AvgIpc) is 2.38. The molecule has 0 saturated carbocycles. The van der Waals surface area contributed by atoms with E-state index >= 15 is 0 Å². The maximum Gasteiger partial charge on any atom is 0.386 e. The molecule has 1 fully saturated rings. The molecule has 1 atom stereocenters. The summed E-state index contributed by atoms with van der Waals surface area (Å²) in [4.78, 5) is 14.0. The van der Waals surface area contributed by atoms with Crippen LogP contribution in [0.3, 0.4) is 0 Å². The molecule has 7 heteroatoms. The molecule has 1 aliphatic heterocycles. The van der Waals surface area contributed by atoms with Crippen LogP contribution in [0, 0.1) is 10.1 Å². The summed E-state index contributed by atoms with van der Waals surface area (Å²) in [5, 5.41) is 17.0. The highest BCUT2D eigenvalue weighted by molar-refractivity contribution is 5.56. The summed E-state index contributed by atoms with van der Waals surface area (Å²) in [6, 6.07) is 3.48. The lowest BCUT2D eigenvalue weighted by molar-refractivity contribution is -0.388. The van der Waals surface area contributed by atoms with Crippen LogP contribution in [0.4, 0.5) is 11.5 Å². The topological polar surface area (TPSA) is 89.3 Å². The summed E-state index contributed by atoms with van der Waals surface area (Å²) in [6.45, 7) is 2.71. The van der Waals surface area contributed by atoms with E-state index in [1.54, 1.807) is 12.1 Å². The van der Waals surface area contributed by atoms with Gasteiger partial charge in [0.25, 0.3) is 0 Å². The lowest BCUT2D eigenvalue weighted by atomic mass is 10.2. The third kappa shape index (κ3) is 3.11. The molecule has 92 valence electrons. The molecular formula is C10H14N4O3. The fourth-order valence-electron chi connectivity index (χ4n) is 1.66. The molecule has 2 rings (SSSR count). The van der Waals surface area contributed by atoms with Crippen LogP contribution in [-0.4, -0.2) is 42.3 Å². The monoisotopic (exact) mass is 238 g/mol. The predicted molar refractivity (Wildman–Crippen MR) is 62.0 cm³/mol. The van der Waals surface area contributed by atoms with E-state index in [1.807, 2.05) is 0 Å². The fraction of sp³-hybridized carbons (Fsp3) is 0.500. The second kappa shape index (κ2) is 5.55. The number of nitro groups is 1. The summed E-state index contributed by atoms with van der Waals surface area (Å²) >= 11 is 0. The van der Waals surface area contributed by atoms with Gasteiger partial charge in [-0.1, -0.05) is 0 Å². The van der Waals surface area contributed by atoms with Crippen molar-refractivity contribution in [2.75, 3.05) is 31.6 Å². The Labute approximate surface area is 98.3 Å². The van der Waals surface area contributed by atoms with Crippen LogP contribution in [0.1, 0.15) is 0 Å². The van der Waals surface area contributed by atoms with E-state index in [2.05, 4.69) is 15.6 Å². The number of morpholine rings is 1. The Hall–Kier alpha value is -1.73. The van der Waals surface area contributed by atoms with Crippen LogP contribution >= 0.6 is 0 Å². The molecule has 2 heterocycles. The van der Waals surface area contributed by atoms with Crippen molar-refractivity contribution in [1.82, 2.24) is 10.3 Å². The Morgan fingerprint density at radius 2 is 2.59 bits per heavy atom. The number of rotatable bonds is 4. The molecule has 1 unspecified atom stereocenters.